The van der Waals surface area contributed by atoms with E-state index in [0.717, 1.165) is 43.8 Å². The molecule has 2 atom stereocenters. The number of likely N-dealkylation sites (tertiary alicyclic amines) is 1. The SMILES string of the molecule is CC(C)Cc1nnc([C@@H](C)N2CCC([C@@H](O)c3ccccc3)CC2)o1. The highest BCUT2D eigenvalue weighted by Gasteiger charge is 2.30. The van der Waals surface area contributed by atoms with Gasteiger partial charge in [0.25, 0.3) is 0 Å². The molecule has 5 heteroatoms. The average molecular weight is 343 g/mol. The molecule has 1 aromatic heterocycles. The molecule has 25 heavy (non-hydrogen) atoms. The Morgan fingerprint density at radius 1 is 1.12 bits per heavy atom. The van der Waals surface area contributed by atoms with E-state index in [1.165, 1.54) is 0 Å². The minimum Gasteiger partial charge on any atom is -0.424 e. The molecule has 2 aromatic rings. The van der Waals surface area contributed by atoms with Crippen LogP contribution in [0.4, 0.5) is 0 Å². The molecule has 1 fully saturated rings. The molecule has 3 rings (SSSR count). The average Bonchev–Trinajstić information content (AvgIpc) is 3.09. The summed E-state index contributed by atoms with van der Waals surface area (Å²) in [6, 6.07) is 10.1. The number of aromatic nitrogens is 2. The summed E-state index contributed by atoms with van der Waals surface area (Å²) in [5.74, 6) is 2.26. The molecule has 136 valence electrons. The second-order valence-electron chi connectivity index (χ2n) is 7.54. The first-order chi connectivity index (χ1) is 12.0. The van der Waals surface area contributed by atoms with Gasteiger partial charge in [-0.15, -0.1) is 10.2 Å². The molecule has 0 radical (unpaired) electrons. The Kier molecular flexibility index (Phi) is 5.86. The third kappa shape index (κ3) is 4.47. The lowest BCUT2D eigenvalue weighted by Gasteiger charge is -2.36. The molecule has 0 saturated carbocycles. The summed E-state index contributed by atoms with van der Waals surface area (Å²) in [5, 5.41) is 19.0. The van der Waals surface area contributed by atoms with Crippen LogP contribution in [0.25, 0.3) is 0 Å². The minimum absolute atomic E-state index is 0.128. The molecule has 1 aliphatic rings. The lowest BCUT2D eigenvalue weighted by Crippen LogP contribution is -2.37. The van der Waals surface area contributed by atoms with Gasteiger partial charge in [0, 0.05) is 6.42 Å². The van der Waals surface area contributed by atoms with Crippen molar-refractivity contribution >= 4 is 0 Å². The molecule has 5 nitrogen and oxygen atoms in total. The minimum atomic E-state index is -0.375. The maximum atomic E-state index is 10.6. The Bertz CT molecular complexity index is 648. The van der Waals surface area contributed by atoms with Gasteiger partial charge >= 0.3 is 0 Å². The van der Waals surface area contributed by atoms with E-state index >= 15 is 0 Å². The smallest absolute Gasteiger partial charge is 0.233 e. The van der Waals surface area contributed by atoms with Crippen LogP contribution < -0.4 is 0 Å². The van der Waals surface area contributed by atoms with Crippen molar-refractivity contribution in [3.8, 4) is 0 Å². The highest BCUT2D eigenvalue weighted by molar-refractivity contribution is 5.18. The third-order valence-electron chi connectivity index (χ3n) is 5.13. The van der Waals surface area contributed by atoms with Crippen LogP contribution in [0.3, 0.4) is 0 Å². The molecule has 0 unspecified atom stereocenters. The van der Waals surface area contributed by atoms with Crippen molar-refractivity contribution in [2.24, 2.45) is 11.8 Å². The Morgan fingerprint density at radius 2 is 1.80 bits per heavy atom. The van der Waals surface area contributed by atoms with E-state index in [-0.39, 0.29) is 12.1 Å². The van der Waals surface area contributed by atoms with Gasteiger partial charge < -0.3 is 9.52 Å². The van der Waals surface area contributed by atoms with Crippen molar-refractivity contribution in [3.63, 3.8) is 0 Å². The van der Waals surface area contributed by atoms with E-state index in [1.54, 1.807) is 0 Å². The van der Waals surface area contributed by atoms with Crippen molar-refractivity contribution < 1.29 is 9.52 Å². The van der Waals surface area contributed by atoms with Gasteiger partial charge in [-0.1, -0.05) is 44.2 Å². The van der Waals surface area contributed by atoms with E-state index in [4.69, 9.17) is 4.42 Å². The highest BCUT2D eigenvalue weighted by Crippen LogP contribution is 2.33. The molecular formula is C20H29N3O2. The van der Waals surface area contributed by atoms with Gasteiger partial charge in [-0.2, -0.15) is 0 Å². The molecule has 1 saturated heterocycles. The molecule has 1 aliphatic heterocycles. The number of hydrogen-bond donors (Lipinski definition) is 1. The van der Waals surface area contributed by atoms with E-state index < -0.39 is 0 Å². The van der Waals surface area contributed by atoms with Gasteiger partial charge in [-0.05, 0) is 50.3 Å². The lowest BCUT2D eigenvalue weighted by molar-refractivity contribution is 0.0429. The number of rotatable bonds is 6. The monoisotopic (exact) mass is 343 g/mol. The molecular weight excluding hydrogens is 314 g/mol. The quantitative estimate of drug-likeness (QED) is 0.865. The maximum absolute atomic E-state index is 10.6. The van der Waals surface area contributed by atoms with Crippen molar-refractivity contribution in [1.29, 1.82) is 0 Å². The first-order valence-electron chi connectivity index (χ1n) is 9.34. The number of aliphatic hydroxyl groups is 1. The number of piperidine rings is 1. The summed E-state index contributed by atoms with van der Waals surface area (Å²) in [6.45, 7) is 8.31. The summed E-state index contributed by atoms with van der Waals surface area (Å²) in [5.41, 5.74) is 1.02. The molecule has 0 spiro atoms. The van der Waals surface area contributed by atoms with Gasteiger partial charge in [0.15, 0.2) is 0 Å². The molecule has 1 aromatic carbocycles. The first-order valence-corrected chi connectivity index (χ1v) is 9.34. The fourth-order valence-electron chi connectivity index (χ4n) is 3.57. The Balaban J connectivity index is 1.55. The Morgan fingerprint density at radius 3 is 2.44 bits per heavy atom. The van der Waals surface area contributed by atoms with Gasteiger partial charge in [0.05, 0.1) is 12.1 Å². The summed E-state index contributed by atoms with van der Waals surface area (Å²) in [4.78, 5) is 2.38. The Labute approximate surface area is 150 Å². The van der Waals surface area contributed by atoms with Crippen LogP contribution in [0.5, 0.6) is 0 Å². The van der Waals surface area contributed by atoms with E-state index in [2.05, 4.69) is 35.9 Å². The largest absolute Gasteiger partial charge is 0.424 e. The number of aliphatic hydroxyl groups excluding tert-OH is 1. The lowest BCUT2D eigenvalue weighted by atomic mass is 9.87. The molecule has 2 heterocycles. The van der Waals surface area contributed by atoms with Crippen LogP contribution in [-0.4, -0.2) is 33.3 Å². The van der Waals surface area contributed by atoms with Crippen molar-refractivity contribution in [3.05, 3.63) is 47.7 Å². The van der Waals surface area contributed by atoms with E-state index in [0.29, 0.717) is 17.7 Å². The van der Waals surface area contributed by atoms with Crippen LogP contribution in [0.2, 0.25) is 0 Å². The van der Waals surface area contributed by atoms with Crippen molar-refractivity contribution in [1.82, 2.24) is 15.1 Å². The predicted octanol–water partition coefficient (Wildman–Crippen LogP) is 3.77. The van der Waals surface area contributed by atoms with Crippen LogP contribution in [0.15, 0.2) is 34.7 Å². The summed E-state index contributed by atoms with van der Waals surface area (Å²) < 4.78 is 5.84. The predicted molar refractivity (Wildman–Crippen MR) is 97.0 cm³/mol. The van der Waals surface area contributed by atoms with Gasteiger partial charge in [-0.3, -0.25) is 4.90 Å². The second-order valence-corrected chi connectivity index (χ2v) is 7.54. The normalized spacial score (nSPS) is 19.2. The molecule has 1 N–H and O–H groups in total. The van der Waals surface area contributed by atoms with E-state index in [1.807, 2.05) is 30.3 Å². The zero-order chi connectivity index (χ0) is 17.8. The summed E-state index contributed by atoms with van der Waals surface area (Å²) in [6.07, 6.45) is 2.41. The van der Waals surface area contributed by atoms with Crippen LogP contribution >= 0.6 is 0 Å². The summed E-state index contributed by atoms with van der Waals surface area (Å²) in [7, 11) is 0. The van der Waals surface area contributed by atoms with Gasteiger partial charge in [-0.25, -0.2) is 0 Å². The zero-order valence-electron chi connectivity index (χ0n) is 15.4. The molecule has 0 aliphatic carbocycles. The number of hydrogen-bond acceptors (Lipinski definition) is 5. The highest BCUT2D eigenvalue weighted by atomic mass is 16.4. The van der Waals surface area contributed by atoms with E-state index in [9.17, 15) is 5.11 Å². The molecule has 0 bridgehead atoms. The maximum Gasteiger partial charge on any atom is 0.233 e. The topological polar surface area (TPSA) is 62.4 Å². The summed E-state index contributed by atoms with van der Waals surface area (Å²) >= 11 is 0. The third-order valence-corrected chi connectivity index (χ3v) is 5.13. The number of benzene rings is 1. The standard InChI is InChI=1S/C20H29N3O2/c1-14(2)13-18-21-22-20(25-18)15(3)23-11-9-17(10-12-23)19(24)16-7-5-4-6-8-16/h4-8,14-15,17,19,24H,9-13H2,1-3H3/t15-,19+/m1/s1. The fourth-order valence-corrected chi connectivity index (χ4v) is 3.57. The van der Waals surface area contributed by atoms with Crippen molar-refractivity contribution in [2.45, 2.75) is 52.2 Å². The fraction of sp³-hybridized carbons (Fsp3) is 0.600. The Hall–Kier alpha value is -1.72. The first kappa shape index (κ1) is 18.1. The van der Waals surface area contributed by atoms with Gasteiger partial charge in [0.1, 0.15) is 0 Å². The van der Waals surface area contributed by atoms with Crippen LogP contribution in [0, 0.1) is 11.8 Å². The zero-order valence-corrected chi connectivity index (χ0v) is 15.4. The number of nitrogens with zero attached hydrogens (tertiary/aromatic N) is 3. The van der Waals surface area contributed by atoms with Crippen LogP contribution in [0.1, 0.15) is 63.1 Å². The van der Waals surface area contributed by atoms with Crippen molar-refractivity contribution in [2.75, 3.05) is 13.1 Å². The second kappa shape index (κ2) is 8.11. The molecule has 0 amide bonds. The van der Waals surface area contributed by atoms with Gasteiger partial charge in [0.2, 0.25) is 11.8 Å². The van der Waals surface area contributed by atoms with Crippen LogP contribution in [-0.2, 0) is 6.42 Å².